The molecule has 1 heterocycles. The van der Waals surface area contributed by atoms with E-state index >= 15 is 0 Å². The van der Waals surface area contributed by atoms with Crippen LogP contribution in [0.3, 0.4) is 0 Å². The molecule has 0 saturated carbocycles. The molecule has 144 valence electrons. The minimum atomic E-state index is -0.526. The van der Waals surface area contributed by atoms with E-state index in [1.165, 1.54) is 35.2 Å². The van der Waals surface area contributed by atoms with E-state index in [0.29, 0.717) is 9.47 Å². The van der Waals surface area contributed by atoms with Gasteiger partial charge >= 0.3 is 0 Å². The number of carbonyl (C=O) groups is 1. The first-order chi connectivity index (χ1) is 13.4. The zero-order valence-electron chi connectivity index (χ0n) is 15.1. The third-order valence-corrected chi connectivity index (χ3v) is 5.70. The van der Waals surface area contributed by atoms with Crippen LogP contribution in [0.5, 0.6) is 0 Å². The molecule has 1 atom stereocenters. The number of para-hydroxylation sites is 2. The lowest BCUT2D eigenvalue weighted by atomic mass is 10.2. The number of anilines is 3. The van der Waals surface area contributed by atoms with Crippen molar-refractivity contribution in [2.75, 3.05) is 10.6 Å². The fourth-order valence-electron chi connectivity index (χ4n) is 2.33. The number of aromatic nitrogens is 2. The normalized spacial score (nSPS) is 11.6. The van der Waals surface area contributed by atoms with Gasteiger partial charge in [0, 0.05) is 11.8 Å². The first-order valence-corrected chi connectivity index (χ1v) is 10.00. The average Bonchev–Trinajstić information content (AvgIpc) is 3.08. The fraction of sp³-hybridized carbons (Fsp3) is 0.167. The van der Waals surface area contributed by atoms with Crippen LogP contribution in [0, 0.1) is 17.0 Å². The zero-order chi connectivity index (χ0) is 20.1. The van der Waals surface area contributed by atoms with Crippen molar-refractivity contribution < 1.29 is 9.72 Å². The first-order valence-electron chi connectivity index (χ1n) is 8.30. The molecule has 0 bridgehead atoms. The van der Waals surface area contributed by atoms with E-state index in [1.807, 2.05) is 31.2 Å². The number of rotatable bonds is 7. The molecule has 28 heavy (non-hydrogen) atoms. The van der Waals surface area contributed by atoms with Gasteiger partial charge in [-0.3, -0.25) is 14.9 Å². The van der Waals surface area contributed by atoms with Crippen molar-refractivity contribution in [3.63, 3.8) is 0 Å². The van der Waals surface area contributed by atoms with E-state index < -0.39 is 10.2 Å². The quantitative estimate of drug-likeness (QED) is 0.329. The number of carbonyl (C=O) groups excluding carboxylic acids is 1. The number of amides is 1. The van der Waals surface area contributed by atoms with E-state index in [-0.39, 0.29) is 17.3 Å². The molecule has 2 N–H and O–H groups in total. The maximum atomic E-state index is 12.4. The number of hydrogen-bond acceptors (Lipinski definition) is 8. The van der Waals surface area contributed by atoms with Crippen LogP contribution in [0.1, 0.15) is 12.5 Å². The molecule has 0 unspecified atom stereocenters. The summed E-state index contributed by atoms with van der Waals surface area (Å²) in [6.45, 7) is 3.72. The highest BCUT2D eigenvalue weighted by molar-refractivity contribution is 8.02. The molecule has 0 radical (unpaired) electrons. The molecular weight excluding hydrogens is 398 g/mol. The largest absolute Gasteiger partial charge is 0.330 e. The molecule has 2 aromatic carbocycles. The molecule has 1 aromatic heterocycles. The summed E-state index contributed by atoms with van der Waals surface area (Å²) in [5.74, 6) is -0.345. The van der Waals surface area contributed by atoms with E-state index in [1.54, 1.807) is 19.1 Å². The van der Waals surface area contributed by atoms with Crippen LogP contribution in [0.4, 0.5) is 22.2 Å². The standard InChI is InChI=1S/C18H17N5O3S2/c1-11-6-5-7-13(10-11)19-17-21-22-18(28-17)27-12(2)16(24)20-14-8-3-4-9-15(14)23(25)26/h3-10,12H,1-2H3,(H,19,21)(H,20,24)/t12-/m0/s1. The Hall–Kier alpha value is -2.98. The molecule has 0 saturated heterocycles. The Kier molecular flexibility index (Phi) is 6.22. The van der Waals surface area contributed by atoms with Crippen LogP contribution < -0.4 is 10.6 Å². The monoisotopic (exact) mass is 415 g/mol. The Morgan fingerprint density at radius 1 is 1.21 bits per heavy atom. The van der Waals surface area contributed by atoms with Gasteiger partial charge in [-0.05, 0) is 37.6 Å². The van der Waals surface area contributed by atoms with Gasteiger partial charge in [-0.15, -0.1) is 10.2 Å². The topological polar surface area (TPSA) is 110 Å². The Labute approximate surface area is 169 Å². The van der Waals surface area contributed by atoms with Crippen molar-refractivity contribution in [3.8, 4) is 0 Å². The number of thioether (sulfide) groups is 1. The van der Waals surface area contributed by atoms with Gasteiger partial charge in [-0.1, -0.05) is 47.4 Å². The molecule has 1 amide bonds. The highest BCUT2D eigenvalue weighted by atomic mass is 32.2. The summed E-state index contributed by atoms with van der Waals surface area (Å²) in [5, 5.41) is 25.2. The van der Waals surface area contributed by atoms with Crippen LogP contribution in [0.15, 0.2) is 52.9 Å². The predicted octanol–water partition coefficient (Wildman–Crippen LogP) is 4.62. The van der Waals surface area contributed by atoms with E-state index in [0.717, 1.165) is 11.3 Å². The number of nitro groups is 1. The highest BCUT2D eigenvalue weighted by Crippen LogP contribution is 2.31. The summed E-state index contributed by atoms with van der Waals surface area (Å²) in [4.78, 5) is 23.0. The van der Waals surface area contributed by atoms with Crippen molar-refractivity contribution in [1.29, 1.82) is 0 Å². The number of aryl methyl sites for hydroxylation is 1. The lowest BCUT2D eigenvalue weighted by molar-refractivity contribution is -0.383. The molecule has 0 aliphatic rings. The van der Waals surface area contributed by atoms with Gasteiger partial charge in [0.05, 0.1) is 10.2 Å². The van der Waals surface area contributed by atoms with Gasteiger partial charge in [0.25, 0.3) is 5.69 Å². The molecule has 0 aliphatic carbocycles. The van der Waals surface area contributed by atoms with E-state index in [4.69, 9.17) is 0 Å². The maximum Gasteiger partial charge on any atom is 0.292 e. The lowest BCUT2D eigenvalue weighted by Gasteiger charge is -2.10. The molecular formula is C18H17N5O3S2. The predicted molar refractivity (Wildman–Crippen MR) is 111 cm³/mol. The Morgan fingerprint density at radius 2 is 2.00 bits per heavy atom. The number of benzene rings is 2. The number of nitrogens with one attached hydrogen (secondary N) is 2. The molecule has 3 rings (SSSR count). The van der Waals surface area contributed by atoms with Gasteiger partial charge in [0.1, 0.15) is 5.69 Å². The summed E-state index contributed by atoms with van der Waals surface area (Å²) in [7, 11) is 0. The minimum Gasteiger partial charge on any atom is -0.330 e. The summed E-state index contributed by atoms with van der Waals surface area (Å²) in [6, 6.07) is 13.9. The van der Waals surface area contributed by atoms with E-state index in [9.17, 15) is 14.9 Å². The second-order valence-electron chi connectivity index (χ2n) is 5.89. The van der Waals surface area contributed by atoms with Crippen molar-refractivity contribution in [1.82, 2.24) is 10.2 Å². The van der Waals surface area contributed by atoms with Crippen LogP contribution in [0.25, 0.3) is 0 Å². The van der Waals surface area contributed by atoms with E-state index in [2.05, 4.69) is 20.8 Å². The summed E-state index contributed by atoms with van der Waals surface area (Å²) < 4.78 is 0.625. The zero-order valence-corrected chi connectivity index (χ0v) is 16.7. The lowest BCUT2D eigenvalue weighted by Crippen LogP contribution is -2.22. The van der Waals surface area contributed by atoms with Gasteiger partial charge in [0.2, 0.25) is 11.0 Å². The SMILES string of the molecule is Cc1cccc(Nc2nnc(S[C@@H](C)C(=O)Nc3ccccc3[N+](=O)[O-])s2)c1. The van der Waals surface area contributed by atoms with Crippen molar-refractivity contribution in [3.05, 3.63) is 64.2 Å². The third kappa shape index (κ3) is 5.05. The molecule has 0 aliphatic heterocycles. The molecule has 0 fully saturated rings. The number of nitro benzene ring substituents is 1. The van der Waals surface area contributed by atoms with Crippen LogP contribution in [-0.4, -0.2) is 26.3 Å². The highest BCUT2D eigenvalue weighted by Gasteiger charge is 2.21. The van der Waals surface area contributed by atoms with Crippen LogP contribution in [-0.2, 0) is 4.79 Å². The van der Waals surface area contributed by atoms with Gasteiger partial charge < -0.3 is 10.6 Å². The van der Waals surface area contributed by atoms with Gasteiger partial charge in [0.15, 0.2) is 4.34 Å². The summed E-state index contributed by atoms with van der Waals surface area (Å²) in [6.07, 6.45) is 0. The second-order valence-corrected chi connectivity index (χ2v) is 8.46. The van der Waals surface area contributed by atoms with Crippen molar-refractivity contribution >= 4 is 51.2 Å². The van der Waals surface area contributed by atoms with Gasteiger partial charge in [-0.25, -0.2) is 0 Å². The summed E-state index contributed by atoms with van der Waals surface area (Å²) in [5.41, 5.74) is 2.07. The van der Waals surface area contributed by atoms with Crippen molar-refractivity contribution in [2.24, 2.45) is 0 Å². The van der Waals surface area contributed by atoms with Crippen LogP contribution >= 0.6 is 23.1 Å². The van der Waals surface area contributed by atoms with Crippen LogP contribution in [0.2, 0.25) is 0 Å². The Bertz CT molecular complexity index is 1010. The van der Waals surface area contributed by atoms with Crippen molar-refractivity contribution in [2.45, 2.75) is 23.4 Å². The average molecular weight is 416 g/mol. The maximum absolute atomic E-state index is 12.4. The summed E-state index contributed by atoms with van der Waals surface area (Å²) >= 11 is 2.58. The molecule has 8 nitrogen and oxygen atoms in total. The van der Waals surface area contributed by atoms with Gasteiger partial charge in [-0.2, -0.15) is 0 Å². The first kappa shape index (κ1) is 19.8. The minimum absolute atomic E-state index is 0.145. The number of hydrogen-bond donors (Lipinski definition) is 2. The molecule has 0 spiro atoms. The number of nitrogens with zero attached hydrogens (tertiary/aromatic N) is 3. The second kappa shape index (κ2) is 8.81. The fourth-order valence-corrected chi connectivity index (χ4v) is 4.25. The molecule has 3 aromatic rings. The molecule has 10 heteroatoms. The smallest absolute Gasteiger partial charge is 0.292 e. The Morgan fingerprint density at radius 3 is 2.75 bits per heavy atom. The third-order valence-electron chi connectivity index (χ3n) is 3.68. The Balaban J connectivity index is 1.62.